The van der Waals surface area contributed by atoms with Crippen molar-refractivity contribution < 1.29 is 9.18 Å². The molecule has 1 aliphatic heterocycles. The van der Waals surface area contributed by atoms with E-state index in [0.29, 0.717) is 24.7 Å². The van der Waals surface area contributed by atoms with Gasteiger partial charge in [0.05, 0.1) is 6.54 Å². The second kappa shape index (κ2) is 11.1. The molecule has 1 aliphatic rings. The number of nitrogens with zero attached hydrogens (tertiary/aromatic N) is 3. The van der Waals surface area contributed by atoms with E-state index in [1.54, 1.807) is 6.07 Å². The normalized spacial score (nSPS) is 15.9. The maximum Gasteiger partial charge on any atom is 0.225 e. The molecule has 1 amide bonds. The molecule has 0 atom stereocenters. The maximum atomic E-state index is 14.0. The SMILES string of the molecule is CCNC(=NCc1ccc(F)c(CN(C)C)c1)NC1CCN(C(=O)C(C)C)CC1. The molecule has 162 valence electrons. The van der Waals surface area contributed by atoms with E-state index in [9.17, 15) is 9.18 Å². The number of benzene rings is 1. The summed E-state index contributed by atoms with van der Waals surface area (Å²) in [6.07, 6.45) is 1.82. The third-order valence-electron chi connectivity index (χ3n) is 5.00. The average Bonchev–Trinajstić information content (AvgIpc) is 2.68. The van der Waals surface area contributed by atoms with E-state index in [2.05, 4.69) is 15.6 Å². The van der Waals surface area contributed by atoms with Crippen LogP contribution in [0.3, 0.4) is 0 Å². The molecule has 1 saturated heterocycles. The zero-order valence-corrected chi connectivity index (χ0v) is 18.5. The molecular weight excluding hydrogens is 369 g/mol. The number of rotatable bonds is 7. The van der Waals surface area contributed by atoms with Crippen LogP contribution in [0.4, 0.5) is 4.39 Å². The first-order valence-electron chi connectivity index (χ1n) is 10.6. The van der Waals surface area contributed by atoms with Gasteiger partial charge in [-0.2, -0.15) is 0 Å². The van der Waals surface area contributed by atoms with E-state index >= 15 is 0 Å². The highest BCUT2D eigenvalue weighted by atomic mass is 19.1. The van der Waals surface area contributed by atoms with E-state index in [1.165, 1.54) is 6.07 Å². The number of halogens is 1. The van der Waals surface area contributed by atoms with Gasteiger partial charge < -0.3 is 20.4 Å². The van der Waals surface area contributed by atoms with Crippen LogP contribution in [-0.4, -0.2) is 61.4 Å². The maximum absolute atomic E-state index is 14.0. The lowest BCUT2D eigenvalue weighted by Crippen LogP contribution is -2.50. The van der Waals surface area contributed by atoms with E-state index < -0.39 is 0 Å². The van der Waals surface area contributed by atoms with Crippen molar-refractivity contribution in [3.05, 3.63) is 35.1 Å². The predicted octanol–water partition coefficient (Wildman–Crippen LogP) is 2.59. The molecule has 7 heteroatoms. The molecule has 0 saturated carbocycles. The van der Waals surface area contributed by atoms with Crippen molar-refractivity contribution in [1.29, 1.82) is 0 Å². The molecule has 6 nitrogen and oxygen atoms in total. The number of piperidine rings is 1. The number of aliphatic imine (C=N–C) groups is 1. The minimum absolute atomic E-state index is 0.0477. The molecule has 0 bridgehead atoms. The fourth-order valence-electron chi connectivity index (χ4n) is 3.48. The molecule has 1 aromatic rings. The molecule has 0 unspecified atom stereocenters. The van der Waals surface area contributed by atoms with E-state index in [1.807, 2.05) is 50.7 Å². The Morgan fingerprint density at radius 2 is 2.00 bits per heavy atom. The number of carbonyl (C=O) groups excluding carboxylic acids is 1. The van der Waals surface area contributed by atoms with Gasteiger partial charge in [-0.3, -0.25) is 4.79 Å². The van der Waals surface area contributed by atoms with Gasteiger partial charge in [0, 0.05) is 43.7 Å². The third-order valence-corrected chi connectivity index (χ3v) is 5.00. The lowest BCUT2D eigenvalue weighted by atomic mass is 10.0. The van der Waals surface area contributed by atoms with Crippen LogP contribution < -0.4 is 10.6 Å². The highest BCUT2D eigenvalue weighted by Crippen LogP contribution is 2.15. The minimum atomic E-state index is -0.181. The van der Waals surface area contributed by atoms with Crippen molar-refractivity contribution in [2.24, 2.45) is 10.9 Å². The summed E-state index contributed by atoms with van der Waals surface area (Å²) in [5.41, 5.74) is 1.67. The highest BCUT2D eigenvalue weighted by Gasteiger charge is 2.24. The van der Waals surface area contributed by atoms with Gasteiger partial charge in [0.2, 0.25) is 5.91 Å². The second-order valence-corrected chi connectivity index (χ2v) is 8.26. The Morgan fingerprint density at radius 3 is 2.59 bits per heavy atom. The Kier molecular flexibility index (Phi) is 8.89. The molecule has 1 heterocycles. The summed E-state index contributed by atoms with van der Waals surface area (Å²) in [5, 5.41) is 6.78. The summed E-state index contributed by atoms with van der Waals surface area (Å²) in [4.78, 5) is 20.7. The van der Waals surface area contributed by atoms with Gasteiger partial charge in [-0.15, -0.1) is 0 Å². The van der Waals surface area contributed by atoms with Crippen LogP contribution in [0.5, 0.6) is 0 Å². The number of carbonyl (C=O) groups is 1. The van der Waals surface area contributed by atoms with Crippen molar-refractivity contribution >= 4 is 11.9 Å². The Morgan fingerprint density at radius 1 is 1.31 bits per heavy atom. The number of amides is 1. The molecule has 1 aromatic carbocycles. The Balaban J connectivity index is 1.96. The van der Waals surface area contributed by atoms with Crippen molar-refractivity contribution in [3.63, 3.8) is 0 Å². The molecule has 0 spiro atoms. The first kappa shape index (κ1) is 23.1. The Labute approximate surface area is 174 Å². The van der Waals surface area contributed by atoms with E-state index in [0.717, 1.165) is 44.0 Å². The predicted molar refractivity (Wildman–Crippen MR) is 116 cm³/mol. The van der Waals surface area contributed by atoms with Gasteiger partial charge in [-0.05, 0) is 51.6 Å². The van der Waals surface area contributed by atoms with Gasteiger partial charge in [-0.1, -0.05) is 19.9 Å². The molecule has 2 N–H and O–H groups in total. The number of likely N-dealkylation sites (tertiary alicyclic amines) is 1. The van der Waals surface area contributed by atoms with Crippen LogP contribution in [-0.2, 0) is 17.9 Å². The second-order valence-electron chi connectivity index (χ2n) is 8.26. The zero-order chi connectivity index (χ0) is 21.4. The molecule has 0 aromatic heterocycles. The van der Waals surface area contributed by atoms with Crippen LogP contribution in [0.15, 0.2) is 23.2 Å². The Bertz CT molecular complexity index is 696. The first-order chi connectivity index (χ1) is 13.8. The van der Waals surface area contributed by atoms with Crippen molar-refractivity contribution in [1.82, 2.24) is 20.4 Å². The van der Waals surface area contributed by atoms with Gasteiger partial charge >= 0.3 is 0 Å². The van der Waals surface area contributed by atoms with Crippen LogP contribution in [0.2, 0.25) is 0 Å². The van der Waals surface area contributed by atoms with Gasteiger partial charge in [0.25, 0.3) is 0 Å². The quantitative estimate of drug-likeness (QED) is 0.541. The van der Waals surface area contributed by atoms with E-state index in [4.69, 9.17) is 0 Å². The molecule has 1 fully saturated rings. The van der Waals surface area contributed by atoms with Crippen LogP contribution in [0, 0.1) is 11.7 Å². The molecule has 2 rings (SSSR count). The standard InChI is InChI=1S/C22H36FN5O/c1-6-24-22(26-19-9-11-28(12-10-19)21(29)16(2)3)25-14-17-7-8-20(23)18(13-17)15-27(4)5/h7-8,13,16,19H,6,9-12,14-15H2,1-5H3,(H2,24,25,26). The smallest absolute Gasteiger partial charge is 0.225 e. The largest absolute Gasteiger partial charge is 0.357 e. The summed E-state index contributed by atoms with van der Waals surface area (Å²) >= 11 is 0. The summed E-state index contributed by atoms with van der Waals surface area (Å²) in [5.74, 6) is 0.860. The number of nitrogens with one attached hydrogen (secondary N) is 2. The molecule has 0 aliphatic carbocycles. The van der Waals surface area contributed by atoms with Crippen molar-refractivity contribution in [2.45, 2.75) is 52.7 Å². The summed E-state index contributed by atoms with van der Waals surface area (Å²) in [6, 6.07) is 5.49. The van der Waals surface area contributed by atoms with Crippen molar-refractivity contribution in [3.8, 4) is 0 Å². The minimum Gasteiger partial charge on any atom is -0.357 e. The van der Waals surface area contributed by atoms with Gasteiger partial charge in [0.15, 0.2) is 5.96 Å². The topological polar surface area (TPSA) is 60.0 Å². The van der Waals surface area contributed by atoms with E-state index in [-0.39, 0.29) is 17.6 Å². The van der Waals surface area contributed by atoms with Crippen LogP contribution in [0.25, 0.3) is 0 Å². The fourth-order valence-corrected chi connectivity index (χ4v) is 3.48. The third kappa shape index (κ3) is 7.31. The number of guanidine groups is 1. The fraction of sp³-hybridized carbons (Fsp3) is 0.636. The highest BCUT2D eigenvalue weighted by molar-refractivity contribution is 5.80. The first-order valence-corrected chi connectivity index (χ1v) is 10.6. The van der Waals surface area contributed by atoms with Crippen LogP contribution >= 0.6 is 0 Å². The van der Waals surface area contributed by atoms with Gasteiger partial charge in [0.1, 0.15) is 5.82 Å². The number of hydrogen-bond acceptors (Lipinski definition) is 3. The lowest BCUT2D eigenvalue weighted by Gasteiger charge is -2.34. The van der Waals surface area contributed by atoms with Gasteiger partial charge in [-0.25, -0.2) is 9.38 Å². The molecule has 0 radical (unpaired) electrons. The average molecular weight is 406 g/mol. The summed E-state index contributed by atoms with van der Waals surface area (Å²) in [7, 11) is 3.86. The molecule has 29 heavy (non-hydrogen) atoms. The van der Waals surface area contributed by atoms with Crippen molar-refractivity contribution in [2.75, 3.05) is 33.7 Å². The number of hydrogen-bond donors (Lipinski definition) is 2. The summed E-state index contributed by atoms with van der Waals surface area (Å²) < 4.78 is 14.0. The summed E-state index contributed by atoms with van der Waals surface area (Å²) in [6.45, 7) is 9.31. The van der Waals surface area contributed by atoms with Crippen LogP contribution in [0.1, 0.15) is 44.7 Å². The monoisotopic (exact) mass is 405 g/mol. The lowest BCUT2D eigenvalue weighted by molar-refractivity contribution is -0.135. The molecular formula is C22H36FN5O. The Hall–Kier alpha value is -2.15. The zero-order valence-electron chi connectivity index (χ0n) is 18.5.